The second-order valence-corrected chi connectivity index (χ2v) is 5.71. The maximum atomic E-state index is 12.4. The molecule has 3 aromatic rings. The van der Waals surface area contributed by atoms with Crippen LogP contribution in [0.25, 0.3) is 11.4 Å². The van der Waals surface area contributed by atoms with E-state index < -0.39 is 11.8 Å². The number of nitrogens with zero attached hydrogens (tertiary/aromatic N) is 3. The number of nitrogens with two attached hydrogens (primary N) is 1. The minimum Gasteiger partial charge on any atom is -0.497 e. The van der Waals surface area contributed by atoms with Gasteiger partial charge in [0.15, 0.2) is 5.13 Å². The van der Waals surface area contributed by atoms with E-state index in [4.69, 9.17) is 10.5 Å². The number of methoxy groups -OCH3 is 1. The Balaban J connectivity index is 1.90. The highest BCUT2D eigenvalue weighted by molar-refractivity contribution is 7.14. The summed E-state index contributed by atoms with van der Waals surface area (Å²) in [7, 11) is 1.50. The van der Waals surface area contributed by atoms with Gasteiger partial charge in [0.25, 0.3) is 11.8 Å². The molecule has 0 unspecified atom stereocenters. The van der Waals surface area contributed by atoms with E-state index in [0.717, 1.165) is 11.3 Å². The normalized spacial score (nSPS) is 10.3. The topological polar surface area (TPSA) is 120 Å². The summed E-state index contributed by atoms with van der Waals surface area (Å²) < 4.78 is 5.23. The van der Waals surface area contributed by atoms with Gasteiger partial charge in [-0.25, -0.2) is 9.97 Å². The van der Waals surface area contributed by atoms with Crippen molar-refractivity contribution in [2.75, 3.05) is 12.4 Å². The third-order valence-corrected chi connectivity index (χ3v) is 3.93. The summed E-state index contributed by atoms with van der Waals surface area (Å²) in [5.74, 6) is -0.673. The number of amides is 2. The van der Waals surface area contributed by atoms with Crippen molar-refractivity contribution in [2.45, 2.75) is 0 Å². The van der Waals surface area contributed by atoms with Gasteiger partial charge in [-0.3, -0.25) is 19.9 Å². The summed E-state index contributed by atoms with van der Waals surface area (Å²) in [5, 5.41) is 4.31. The van der Waals surface area contributed by atoms with Crippen LogP contribution in [0.5, 0.6) is 5.75 Å². The van der Waals surface area contributed by atoms with Gasteiger partial charge in [0.1, 0.15) is 17.1 Å². The minimum atomic E-state index is -0.659. The molecule has 3 rings (SSSR count). The molecule has 0 aliphatic rings. The SMILES string of the molecule is COc1cc(C(=O)Nc2nc(C(N)=O)cs2)nc(-c2ccccn2)c1. The van der Waals surface area contributed by atoms with E-state index in [2.05, 4.69) is 20.3 Å². The van der Waals surface area contributed by atoms with Gasteiger partial charge in [0, 0.05) is 23.7 Å². The van der Waals surface area contributed by atoms with Crippen molar-refractivity contribution in [3.63, 3.8) is 0 Å². The van der Waals surface area contributed by atoms with Crippen molar-refractivity contribution < 1.29 is 14.3 Å². The minimum absolute atomic E-state index is 0.0908. The highest BCUT2D eigenvalue weighted by atomic mass is 32.1. The predicted octanol–water partition coefficient (Wildman–Crippen LogP) is 1.96. The lowest BCUT2D eigenvalue weighted by Gasteiger charge is -2.07. The third kappa shape index (κ3) is 3.78. The number of carbonyl (C=O) groups excluding carboxylic acids is 2. The molecule has 0 atom stereocenters. The fourth-order valence-electron chi connectivity index (χ4n) is 1.99. The van der Waals surface area contributed by atoms with Gasteiger partial charge in [-0.2, -0.15) is 0 Å². The van der Waals surface area contributed by atoms with Crippen molar-refractivity contribution in [1.82, 2.24) is 15.0 Å². The van der Waals surface area contributed by atoms with Crippen molar-refractivity contribution in [2.24, 2.45) is 5.73 Å². The lowest BCUT2D eigenvalue weighted by molar-refractivity contribution is 0.0991. The highest BCUT2D eigenvalue weighted by Gasteiger charge is 2.15. The molecule has 0 aliphatic heterocycles. The van der Waals surface area contributed by atoms with Gasteiger partial charge in [-0.05, 0) is 12.1 Å². The summed E-state index contributed by atoms with van der Waals surface area (Å²) in [6.45, 7) is 0. The smallest absolute Gasteiger partial charge is 0.276 e. The largest absolute Gasteiger partial charge is 0.497 e. The average Bonchev–Trinajstić information content (AvgIpc) is 3.11. The number of pyridine rings is 2. The van der Waals surface area contributed by atoms with Crippen LogP contribution in [0.3, 0.4) is 0 Å². The van der Waals surface area contributed by atoms with Crippen LogP contribution in [0.2, 0.25) is 0 Å². The van der Waals surface area contributed by atoms with Gasteiger partial charge in [-0.15, -0.1) is 11.3 Å². The first-order valence-electron chi connectivity index (χ1n) is 7.11. The molecule has 126 valence electrons. The molecule has 0 aromatic carbocycles. The van der Waals surface area contributed by atoms with Crippen molar-refractivity contribution in [3.05, 3.63) is 53.3 Å². The zero-order valence-electron chi connectivity index (χ0n) is 13.1. The lowest BCUT2D eigenvalue weighted by atomic mass is 10.2. The highest BCUT2D eigenvalue weighted by Crippen LogP contribution is 2.22. The molecule has 25 heavy (non-hydrogen) atoms. The van der Waals surface area contributed by atoms with Crippen LogP contribution in [0.4, 0.5) is 5.13 Å². The molecule has 3 aromatic heterocycles. The summed E-state index contributed by atoms with van der Waals surface area (Å²) in [4.78, 5) is 36.0. The van der Waals surface area contributed by atoms with Crippen LogP contribution in [-0.2, 0) is 0 Å². The number of aromatic nitrogens is 3. The number of thiazole rings is 1. The van der Waals surface area contributed by atoms with E-state index in [1.807, 2.05) is 6.07 Å². The number of nitrogens with one attached hydrogen (secondary N) is 1. The quantitative estimate of drug-likeness (QED) is 0.722. The van der Waals surface area contributed by atoms with E-state index in [1.165, 1.54) is 18.6 Å². The Bertz CT molecular complexity index is 927. The predicted molar refractivity (Wildman–Crippen MR) is 92.6 cm³/mol. The summed E-state index contributed by atoms with van der Waals surface area (Å²) in [6, 6.07) is 8.59. The molecular weight excluding hydrogens is 342 g/mol. The number of ether oxygens (including phenoxy) is 1. The molecule has 0 spiro atoms. The van der Waals surface area contributed by atoms with E-state index >= 15 is 0 Å². The molecule has 3 heterocycles. The first kappa shape index (κ1) is 16.5. The molecule has 0 fully saturated rings. The molecular formula is C16H13N5O3S. The van der Waals surface area contributed by atoms with Crippen LogP contribution in [0.15, 0.2) is 41.9 Å². The molecule has 0 aliphatic carbocycles. The van der Waals surface area contributed by atoms with Crippen LogP contribution < -0.4 is 15.8 Å². The number of hydrogen-bond donors (Lipinski definition) is 2. The fourth-order valence-corrected chi connectivity index (χ4v) is 2.69. The standard InChI is InChI=1S/C16H13N5O3S/c1-24-9-6-11(10-4-2-3-5-18-10)19-12(7-9)15(23)21-16-20-13(8-25-16)14(17)22/h2-8H,1H3,(H2,17,22)(H,20,21,23). The monoisotopic (exact) mass is 355 g/mol. The Hall–Kier alpha value is -3.33. The van der Waals surface area contributed by atoms with Crippen molar-refractivity contribution in [1.29, 1.82) is 0 Å². The Labute approximate surface area is 146 Å². The number of anilines is 1. The average molecular weight is 355 g/mol. The van der Waals surface area contributed by atoms with E-state index in [0.29, 0.717) is 17.1 Å². The van der Waals surface area contributed by atoms with Gasteiger partial charge >= 0.3 is 0 Å². The Morgan fingerprint density at radius 1 is 1.16 bits per heavy atom. The zero-order valence-corrected chi connectivity index (χ0v) is 13.9. The van der Waals surface area contributed by atoms with Crippen LogP contribution in [0.1, 0.15) is 21.0 Å². The first-order chi connectivity index (χ1) is 12.1. The van der Waals surface area contributed by atoms with Gasteiger partial charge in [-0.1, -0.05) is 6.07 Å². The second kappa shape index (κ2) is 7.05. The van der Waals surface area contributed by atoms with Gasteiger partial charge in [0.2, 0.25) is 0 Å². The van der Waals surface area contributed by atoms with Gasteiger partial charge < -0.3 is 10.5 Å². The third-order valence-electron chi connectivity index (χ3n) is 3.17. The second-order valence-electron chi connectivity index (χ2n) is 4.85. The number of rotatable bonds is 5. The Morgan fingerprint density at radius 3 is 2.64 bits per heavy atom. The van der Waals surface area contributed by atoms with Crippen molar-refractivity contribution >= 4 is 28.3 Å². The molecule has 8 nitrogen and oxygen atoms in total. The summed E-state index contributed by atoms with van der Waals surface area (Å²) in [6.07, 6.45) is 1.64. The molecule has 9 heteroatoms. The maximum absolute atomic E-state index is 12.4. The Morgan fingerprint density at radius 2 is 2.00 bits per heavy atom. The molecule has 0 saturated carbocycles. The van der Waals surface area contributed by atoms with E-state index in [9.17, 15) is 9.59 Å². The van der Waals surface area contributed by atoms with E-state index in [-0.39, 0.29) is 16.5 Å². The molecule has 0 saturated heterocycles. The fraction of sp³-hybridized carbons (Fsp3) is 0.0625. The summed E-state index contributed by atoms with van der Waals surface area (Å²) in [5.41, 5.74) is 6.49. The van der Waals surface area contributed by atoms with Gasteiger partial charge in [0.05, 0.1) is 18.5 Å². The molecule has 0 radical (unpaired) electrons. The molecule has 2 amide bonds. The Kier molecular flexibility index (Phi) is 4.66. The number of primary amides is 1. The lowest BCUT2D eigenvalue weighted by Crippen LogP contribution is -2.15. The zero-order chi connectivity index (χ0) is 17.8. The first-order valence-corrected chi connectivity index (χ1v) is 7.99. The molecule has 3 N–H and O–H groups in total. The maximum Gasteiger partial charge on any atom is 0.276 e. The van der Waals surface area contributed by atoms with Crippen molar-refractivity contribution in [3.8, 4) is 17.1 Å². The van der Waals surface area contributed by atoms with Crippen LogP contribution in [-0.4, -0.2) is 33.9 Å². The number of carbonyl (C=O) groups is 2. The molecule has 0 bridgehead atoms. The van der Waals surface area contributed by atoms with E-state index in [1.54, 1.807) is 24.4 Å². The summed E-state index contributed by atoms with van der Waals surface area (Å²) >= 11 is 1.10. The van der Waals surface area contributed by atoms with Crippen LogP contribution in [0, 0.1) is 0 Å². The van der Waals surface area contributed by atoms with Crippen LogP contribution >= 0.6 is 11.3 Å². The number of hydrogen-bond acceptors (Lipinski definition) is 7.